The van der Waals surface area contributed by atoms with Gasteiger partial charge in [0.05, 0.1) is 12.5 Å². The minimum atomic E-state index is -1.60. The van der Waals surface area contributed by atoms with Crippen LogP contribution in [-0.2, 0) is 20.8 Å². The fourth-order valence-corrected chi connectivity index (χ4v) is 1.96. The highest BCUT2D eigenvalue weighted by Crippen LogP contribution is 2.21. The zero-order valence-electron chi connectivity index (χ0n) is 11.6. The van der Waals surface area contributed by atoms with E-state index in [1.807, 2.05) is 30.3 Å². The summed E-state index contributed by atoms with van der Waals surface area (Å²) in [6, 6.07) is 8.61. The number of methoxy groups -OCH3 is 2. The second kappa shape index (κ2) is 7.94. The van der Waals surface area contributed by atoms with Gasteiger partial charge >= 0.3 is 5.97 Å². The molecule has 0 aliphatic carbocycles. The molecule has 2 N–H and O–H groups in total. The first-order valence-electron chi connectivity index (χ1n) is 6.23. The highest BCUT2D eigenvalue weighted by molar-refractivity contribution is 5.67. The molecule has 0 amide bonds. The zero-order valence-corrected chi connectivity index (χ0v) is 11.6. The summed E-state index contributed by atoms with van der Waals surface area (Å²) in [5.41, 5.74) is 0.961. The largest absolute Gasteiger partial charge is 0.481 e. The van der Waals surface area contributed by atoms with Gasteiger partial charge in [0.1, 0.15) is 6.67 Å². The van der Waals surface area contributed by atoms with Gasteiger partial charge in [0.25, 0.3) is 0 Å². The number of aliphatic carboxylic acids is 1. The monoisotopic (exact) mass is 285 g/mol. The fraction of sp³-hybridized carbons (Fsp3) is 0.500. The molecular formula is C14H20FNO4. The first-order chi connectivity index (χ1) is 9.57. The Balaban J connectivity index is 2.80. The Morgan fingerprint density at radius 1 is 1.35 bits per heavy atom. The van der Waals surface area contributed by atoms with Gasteiger partial charge in [-0.25, -0.2) is 4.39 Å². The van der Waals surface area contributed by atoms with Crippen LogP contribution in [0.5, 0.6) is 0 Å². The van der Waals surface area contributed by atoms with Crippen LogP contribution in [0.15, 0.2) is 30.3 Å². The Bertz CT molecular complexity index is 401. The molecule has 0 heterocycles. The molecule has 1 aromatic carbocycles. The summed E-state index contributed by atoms with van der Waals surface area (Å²) in [5.74, 6) is -2.66. The van der Waals surface area contributed by atoms with E-state index in [2.05, 4.69) is 5.32 Å². The van der Waals surface area contributed by atoms with Crippen molar-refractivity contribution in [2.75, 3.05) is 20.9 Å². The number of alkyl halides is 1. The van der Waals surface area contributed by atoms with Crippen LogP contribution in [0, 0.1) is 0 Å². The van der Waals surface area contributed by atoms with Crippen molar-refractivity contribution in [1.29, 1.82) is 0 Å². The molecule has 0 saturated carbocycles. The Kier molecular flexibility index (Phi) is 6.57. The lowest BCUT2D eigenvalue weighted by Crippen LogP contribution is -2.55. The van der Waals surface area contributed by atoms with Crippen molar-refractivity contribution >= 4 is 5.97 Å². The maximum Gasteiger partial charge on any atom is 0.305 e. The fourth-order valence-electron chi connectivity index (χ4n) is 1.96. The number of benzene rings is 1. The molecule has 1 unspecified atom stereocenters. The molecule has 1 atom stereocenters. The third-order valence-electron chi connectivity index (χ3n) is 3.18. The molecule has 0 fully saturated rings. The molecule has 20 heavy (non-hydrogen) atoms. The molecule has 0 saturated heterocycles. The minimum absolute atomic E-state index is 0.307. The first-order valence-corrected chi connectivity index (χ1v) is 6.23. The topological polar surface area (TPSA) is 67.8 Å². The average molecular weight is 285 g/mol. The number of carboxylic acids is 1. The van der Waals surface area contributed by atoms with Crippen LogP contribution < -0.4 is 5.32 Å². The first kappa shape index (κ1) is 16.6. The Morgan fingerprint density at radius 2 is 1.95 bits per heavy atom. The van der Waals surface area contributed by atoms with Crippen molar-refractivity contribution < 1.29 is 23.8 Å². The normalized spacial score (nSPS) is 13.2. The smallest absolute Gasteiger partial charge is 0.305 e. The van der Waals surface area contributed by atoms with E-state index < -0.39 is 24.5 Å². The molecule has 0 radical (unpaired) electrons. The summed E-state index contributed by atoms with van der Waals surface area (Å²) in [6.07, 6.45) is -0.307. The molecular weight excluding hydrogens is 265 g/mol. The predicted octanol–water partition coefficient (Wildman–Crippen LogP) is 1.58. The van der Waals surface area contributed by atoms with E-state index in [4.69, 9.17) is 14.6 Å². The number of hydrogen-bond donors (Lipinski definition) is 2. The van der Waals surface area contributed by atoms with Crippen molar-refractivity contribution in [3.63, 3.8) is 0 Å². The van der Waals surface area contributed by atoms with Gasteiger partial charge in [-0.1, -0.05) is 30.3 Å². The van der Waals surface area contributed by atoms with Gasteiger partial charge in [-0.3, -0.25) is 4.79 Å². The van der Waals surface area contributed by atoms with Crippen LogP contribution in [0.1, 0.15) is 12.0 Å². The van der Waals surface area contributed by atoms with Crippen LogP contribution in [-0.4, -0.2) is 43.8 Å². The summed E-state index contributed by atoms with van der Waals surface area (Å²) >= 11 is 0. The van der Waals surface area contributed by atoms with Crippen molar-refractivity contribution in [2.45, 2.75) is 24.8 Å². The molecule has 0 bridgehead atoms. The molecule has 0 aromatic heterocycles. The second-order valence-electron chi connectivity index (χ2n) is 4.37. The number of ether oxygens (including phenoxy) is 2. The van der Waals surface area contributed by atoms with Crippen LogP contribution >= 0.6 is 0 Å². The van der Waals surface area contributed by atoms with E-state index in [0.717, 1.165) is 5.56 Å². The molecule has 112 valence electrons. The van der Waals surface area contributed by atoms with Crippen molar-refractivity contribution in [1.82, 2.24) is 5.32 Å². The number of carboxylic acid groups (broad SMARTS) is 1. The zero-order chi connectivity index (χ0) is 15.0. The van der Waals surface area contributed by atoms with E-state index in [1.54, 1.807) is 0 Å². The Labute approximate surface area is 117 Å². The predicted molar refractivity (Wildman–Crippen MR) is 72.0 cm³/mol. The molecule has 0 spiro atoms. The Morgan fingerprint density at radius 3 is 2.40 bits per heavy atom. The van der Waals surface area contributed by atoms with E-state index in [-0.39, 0.29) is 6.42 Å². The average Bonchev–Trinajstić information content (AvgIpc) is 2.47. The maximum absolute atomic E-state index is 13.3. The minimum Gasteiger partial charge on any atom is -0.481 e. The van der Waals surface area contributed by atoms with Crippen LogP contribution in [0.3, 0.4) is 0 Å². The second-order valence-corrected chi connectivity index (χ2v) is 4.37. The quantitative estimate of drug-likeness (QED) is 0.674. The highest BCUT2D eigenvalue weighted by Gasteiger charge is 2.40. The summed E-state index contributed by atoms with van der Waals surface area (Å²) in [6.45, 7) is -0.549. The molecule has 0 aliphatic rings. The number of halogens is 1. The lowest BCUT2D eigenvalue weighted by molar-refractivity contribution is -0.235. The van der Waals surface area contributed by atoms with Gasteiger partial charge < -0.3 is 19.9 Å². The van der Waals surface area contributed by atoms with Crippen molar-refractivity contribution in [3.8, 4) is 0 Å². The number of rotatable bonds is 9. The van der Waals surface area contributed by atoms with E-state index >= 15 is 0 Å². The Hall–Kier alpha value is -1.50. The standard InChI is InChI=1S/C14H20FNO4/c1-19-14(10-15,20-2)12(8-13(17)18)16-9-11-6-4-3-5-7-11/h3-7,12,16H,8-10H2,1-2H3,(H,17,18). The van der Waals surface area contributed by atoms with Gasteiger partial charge in [-0.15, -0.1) is 0 Å². The number of nitrogens with one attached hydrogen (secondary N) is 1. The summed E-state index contributed by atoms with van der Waals surface area (Å²) in [4.78, 5) is 10.9. The summed E-state index contributed by atoms with van der Waals surface area (Å²) in [7, 11) is 2.59. The van der Waals surface area contributed by atoms with Gasteiger partial charge in [0.2, 0.25) is 5.79 Å². The SMILES string of the molecule is COC(CF)(OC)C(CC(=O)O)NCc1ccccc1. The van der Waals surface area contributed by atoms with Gasteiger partial charge in [0, 0.05) is 20.8 Å². The van der Waals surface area contributed by atoms with E-state index in [1.165, 1.54) is 14.2 Å². The summed E-state index contributed by atoms with van der Waals surface area (Å²) < 4.78 is 23.4. The van der Waals surface area contributed by atoms with Crippen LogP contribution in [0.4, 0.5) is 4.39 Å². The molecule has 0 aliphatic heterocycles. The third kappa shape index (κ3) is 4.26. The maximum atomic E-state index is 13.3. The lowest BCUT2D eigenvalue weighted by atomic mass is 10.0. The van der Waals surface area contributed by atoms with Crippen molar-refractivity contribution in [2.24, 2.45) is 0 Å². The van der Waals surface area contributed by atoms with Crippen LogP contribution in [0.2, 0.25) is 0 Å². The summed E-state index contributed by atoms with van der Waals surface area (Å²) in [5, 5.41) is 11.9. The molecule has 1 rings (SSSR count). The van der Waals surface area contributed by atoms with Gasteiger partial charge in [-0.2, -0.15) is 0 Å². The number of hydrogen-bond acceptors (Lipinski definition) is 4. The lowest BCUT2D eigenvalue weighted by Gasteiger charge is -2.35. The molecule has 1 aromatic rings. The molecule has 6 heteroatoms. The van der Waals surface area contributed by atoms with Crippen LogP contribution in [0.25, 0.3) is 0 Å². The van der Waals surface area contributed by atoms with E-state index in [0.29, 0.717) is 6.54 Å². The van der Waals surface area contributed by atoms with Gasteiger partial charge in [-0.05, 0) is 5.56 Å². The molecule has 5 nitrogen and oxygen atoms in total. The highest BCUT2D eigenvalue weighted by atomic mass is 19.1. The van der Waals surface area contributed by atoms with E-state index in [9.17, 15) is 9.18 Å². The third-order valence-corrected chi connectivity index (χ3v) is 3.18. The van der Waals surface area contributed by atoms with Gasteiger partial charge in [0.15, 0.2) is 0 Å². The van der Waals surface area contributed by atoms with Crippen molar-refractivity contribution in [3.05, 3.63) is 35.9 Å². The number of carbonyl (C=O) groups is 1.